The summed E-state index contributed by atoms with van der Waals surface area (Å²) >= 11 is 0. The molecule has 3 nitrogen and oxygen atoms in total. The Morgan fingerprint density at radius 3 is 1.85 bits per heavy atom. The summed E-state index contributed by atoms with van der Waals surface area (Å²) in [6, 6.07) is 2.16. The number of nitrogens with zero attached hydrogens (tertiary/aromatic N) is 2. The van der Waals surface area contributed by atoms with Crippen molar-refractivity contribution < 1.29 is 4.42 Å². The zero-order valence-corrected chi connectivity index (χ0v) is 14.4. The van der Waals surface area contributed by atoms with Crippen LogP contribution in [0.4, 0.5) is 0 Å². The van der Waals surface area contributed by atoms with Crippen molar-refractivity contribution in [1.82, 2.24) is 9.55 Å². The summed E-state index contributed by atoms with van der Waals surface area (Å²) in [5.41, 5.74) is 1.85. The van der Waals surface area contributed by atoms with Gasteiger partial charge in [-0.05, 0) is 20.8 Å². The molecule has 0 saturated heterocycles. The molecule has 0 amide bonds. The Balaban J connectivity index is 2.77. The van der Waals surface area contributed by atoms with Crippen LogP contribution in [-0.4, -0.2) is 9.55 Å². The van der Waals surface area contributed by atoms with Crippen molar-refractivity contribution in [3.8, 4) is 0 Å². The largest absolute Gasteiger partial charge is 0.441 e. The van der Waals surface area contributed by atoms with E-state index in [1.54, 1.807) is 0 Å². The average Bonchev–Trinajstić information content (AvgIpc) is 2.66. The van der Waals surface area contributed by atoms with Gasteiger partial charge in [-0.1, -0.05) is 41.5 Å². The third-order valence-corrected chi connectivity index (χ3v) is 3.43. The summed E-state index contributed by atoms with van der Waals surface area (Å²) in [6.45, 7) is 19.7. The minimum atomic E-state index is -0.0175. The van der Waals surface area contributed by atoms with E-state index in [1.165, 1.54) is 0 Å². The highest BCUT2D eigenvalue weighted by Crippen LogP contribution is 2.35. The van der Waals surface area contributed by atoms with Gasteiger partial charge in [-0.15, -0.1) is 0 Å². The number of furan rings is 1. The van der Waals surface area contributed by atoms with E-state index in [2.05, 4.69) is 72.9 Å². The predicted molar refractivity (Wildman–Crippen MR) is 84.4 cm³/mol. The molecule has 2 rings (SSSR count). The topological polar surface area (TPSA) is 31.0 Å². The molecule has 0 radical (unpaired) electrons. The summed E-state index contributed by atoms with van der Waals surface area (Å²) in [5, 5.41) is 0. The number of imidazole rings is 1. The van der Waals surface area contributed by atoms with Crippen LogP contribution in [0.25, 0.3) is 11.2 Å². The molecule has 20 heavy (non-hydrogen) atoms. The molecule has 2 aromatic rings. The Morgan fingerprint density at radius 2 is 1.45 bits per heavy atom. The summed E-state index contributed by atoms with van der Waals surface area (Å²) in [6.07, 6.45) is 0. The lowest BCUT2D eigenvalue weighted by Crippen LogP contribution is -2.29. The normalized spacial score (nSPS) is 14.2. The molecule has 0 atom stereocenters. The van der Waals surface area contributed by atoms with Gasteiger partial charge < -0.3 is 8.98 Å². The zero-order valence-electron chi connectivity index (χ0n) is 14.4. The van der Waals surface area contributed by atoms with Gasteiger partial charge in [0.05, 0.1) is 0 Å². The lowest BCUT2D eigenvalue weighted by atomic mass is 9.93. The van der Waals surface area contributed by atoms with Crippen molar-refractivity contribution in [3.05, 3.63) is 17.7 Å². The average molecular weight is 276 g/mol. The van der Waals surface area contributed by atoms with Crippen LogP contribution in [0.3, 0.4) is 0 Å². The molecule has 0 aliphatic rings. The van der Waals surface area contributed by atoms with E-state index in [0.717, 1.165) is 22.8 Å². The van der Waals surface area contributed by atoms with Crippen LogP contribution in [0.5, 0.6) is 0 Å². The summed E-state index contributed by atoms with van der Waals surface area (Å²) in [5.74, 6) is 2.08. The van der Waals surface area contributed by atoms with Gasteiger partial charge in [0.15, 0.2) is 0 Å². The van der Waals surface area contributed by atoms with Crippen LogP contribution in [0.1, 0.15) is 73.9 Å². The van der Waals surface area contributed by atoms with E-state index < -0.39 is 0 Å². The second-order valence-corrected chi connectivity index (χ2v) is 8.74. The molecular weight excluding hydrogens is 248 g/mol. The summed E-state index contributed by atoms with van der Waals surface area (Å²) in [4.78, 5) is 4.78. The maximum atomic E-state index is 6.01. The Bertz CT molecular complexity index is 625. The predicted octanol–water partition coefficient (Wildman–Crippen LogP) is 4.98. The monoisotopic (exact) mass is 276 g/mol. The maximum Gasteiger partial charge on any atom is 0.245 e. The van der Waals surface area contributed by atoms with E-state index >= 15 is 0 Å². The summed E-state index contributed by atoms with van der Waals surface area (Å²) in [7, 11) is 0. The molecule has 0 spiro atoms. The van der Waals surface area contributed by atoms with Crippen molar-refractivity contribution in [3.63, 3.8) is 0 Å². The Morgan fingerprint density at radius 1 is 0.900 bits per heavy atom. The number of hydrogen-bond acceptors (Lipinski definition) is 2. The van der Waals surface area contributed by atoms with Crippen molar-refractivity contribution in [2.45, 2.75) is 78.7 Å². The van der Waals surface area contributed by atoms with Gasteiger partial charge in [-0.25, -0.2) is 0 Å². The third kappa shape index (κ3) is 2.50. The minimum absolute atomic E-state index is 0.00326. The van der Waals surface area contributed by atoms with Crippen LogP contribution in [0, 0.1) is 0 Å². The zero-order chi connectivity index (χ0) is 15.5. The second kappa shape index (κ2) is 4.12. The third-order valence-electron chi connectivity index (χ3n) is 3.43. The molecule has 0 aromatic carbocycles. The van der Waals surface area contributed by atoms with E-state index in [-0.39, 0.29) is 16.4 Å². The van der Waals surface area contributed by atoms with Crippen LogP contribution in [0.15, 0.2) is 10.5 Å². The number of aromatic nitrogens is 2. The smallest absolute Gasteiger partial charge is 0.245 e. The van der Waals surface area contributed by atoms with E-state index in [0.29, 0.717) is 0 Å². The number of fused-ring (bicyclic) bond motifs is 1. The van der Waals surface area contributed by atoms with Crippen LogP contribution < -0.4 is 0 Å². The highest BCUT2D eigenvalue weighted by atomic mass is 16.3. The lowest BCUT2D eigenvalue weighted by Gasteiger charge is -2.29. The van der Waals surface area contributed by atoms with Crippen molar-refractivity contribution in [2.75, 3.05) is 0 Å². The fourth-order valence-corrected chi connectivity index (χ4v) is 2.42. The first-order chi connectivity index (χ1) is 8.82. The molecule has 0 unspecified atom stereocenters. The van der Waals surface area contributed by atoms with Gasteiger partial charge in [0.25, 0.3) is 0 Å². The van der Waals surface area contributed by atoms with E-state index in [9.17, 15) is 0 Å². The van der Waals surface area contributed by atoms with Gasteiger partial charge in [0.2, 0.25) is 5.71 Å². The quantitative estimate of drug-likeness (QED) is 0.679. The van der Waals surface area contributed by atoms with Gasteiger partial charge in [-0.3, -0.25) is 0 Å². The van der Waals surface area contributed by atoms with E-state index in [4.69, 9.17) is 9.40 Å². The Kier molecular flexibility index (Phi) is 3.12. The van der Waals surface area contributed by atoms with Crippen molar-refractivity contribution in [1.29, 1.82) is 0 Å². The van der Waals surface area contributed by atoms with Gasteiger partial charge in [-0.2, -0.15) is 4.98 Å². The van der Waals surface area contributed by atoms with E-state index in [1.807, 2.05) is 0 Å². The molecule has 0 bridgehead atoms. The second-order valence-electron chi connectivity index (χ2n) is 8.74. The molecule has 2 heterocycles. The Labute approximate surface area is 122 Å². The Hall–Kier alpha value is -1.25. The minimum Gasteiger partial charge on any atom is -0.441 e. The molecular formula is C17H28N2O. The molecule has 3 heteroatoms. The maximum absolute atomic E-state index is 6.01. The van der Waals surface area contributed by atoms with Gasteiger partial charge >= 0.3 is 0 Å². The molecule has 0 saturated carbocycles. The molecule has 2 aromatic heterocycles. The molecule has 0 fully saturated rings. The molecule has 112 valence electrons. The molecule has 0 aliphatic heterocycles. The number of hydrogen-bond donors (Lipinski definition) is 0. The fourth-order valence-electron chi connectivity index (χ4n) is 2.42. The summed E-state index contributed by atoms with van der Waals surface area (Å²) < 4.78 is 8.33. The first-order valence-electron chi connectivity index (χ1n) is 7.35. The van der Waals surface area contributed by atoms with Crippen molar-refractivity contribution in [2.24, 2.45) is 0 Å². The van der Waals surface area contributed by atoms with Gasteiger partial charge in [0.1, 0.15) is 17.1 Å². The molecule has 0 aliphatic carbocycles. The highest BCUT2D eigenvalue weighted by Gasteiger charge is 2.31. The standard InChI is InChI=1S/C17H28N2O/c1-15(2,3)12-10-11-13(20-12)18-14(16(4,5)6)19(11)17(7,8)9/h10H,1-9H3. The fraction of sp³-hybridized carbons (Fsp3) is 0.706. The first-order valence-corrected chi connectivity index (χ1v) is 7.35. The van der Waals surface area contributed by atoms with Crippen LogP contribution in [-0.2, 0) is 16.4 Å². The van der Waals surface area contributed by atoms with Gasteiger partial charge in [0, 0.05) is 22.4 Å². The highest BCUT2D eigenvalue weighted by molar-refractivity contribution is 5.72. The number of rotatable bonds is 0. The first kappa shape index (κ1) is 15.1. The SMILES string of the molecule is CC(C)(C)c1cc2c(nc(C(C)(C)C)n2C(C)(C)C)o1. The van der Waals surface area contributed by atoms with Crippen LogP contribution in [0.2, 0.25) is 0 Å². The van der Waals surface area contributed by atoms with Crippen LogP contribution >= 0.6 is 0 Å². The van der Waals surface area contributed by atoms with Crippen molar-refractivity contribution >= 4 is 11.2 Å². The molecule has 0 N–H and O–H groups in total. The lowest BCUT2D eigenvalue weighted by molar-refractivity contribution is 0.363.